The standard InChI is InChI=1S/C14H14BrFN2O2/c1-9(14(19)17-8-11-3-2-6-20-11)18-13-7-10(16)4-5-12(13)15/h2-7,9,18H,8H2,1H3,(H,17,19). The summed E-state index contributed by atoms with van der Waals surface area (Å²) in [6.07, 6.45) is 1.55. The summed E-state index contributed by atoms with van der Waals surface area (Å²) in [4.78, 5) is 11.9. The average Bonchev–Trinajstić information content (AvgIpc) is 2.93. The van der Waals surface area contributed by atoms with Crippen LogP contribution in [0.3, 0.4) is 0 Å². The topological polar surface area (TPSA) is 54.3 Å². The summed E-state index contributed by atoms with van der Waals surface area (Å²) < 4.78 is 19.0. The molecule has 1 amide bonds. The maximum Gasteiger partial charge on any atom is 0.242 e. The number of carbonyl (C=O) groups excluding carboxylic acids is 1. The van der Waals surface area contributed by atoms with Gasteiger partial charge in [0.2, 0.25) is 5.91 Å². The Kier molecular flexibility index (Phi) is 4.79. The number of rotatable bonds is 5. The van der Waals surface area contributed by atoms with Gasteiger partial charge in [0.05, 0.1) is 18.5 Å². The molecule has 0 radical (unpaired) electrons. The van der Waals surface area contributed by atoms with E-state index in [4.69, 9.17) is 4.42 Å². The predicted molar refractivity (Wildman–Crippen MR) is 77.7 cm³/mol. The second kappa shape index (κ2) is 6.56. The molecule has 2 N–H and O–H groups in total. The third-order valence-corrected chi connectivity index (χ3v) is 3.40. The molecule has 0 aliphatic rings. The monoisotopic (exact) mass is 340 g/mol. The van der Waals surface area contributed by atoms with Crippen LogP contribution in [0, 0.1) is 5.82 Å². The number of benzene rings is 1. The Morgan fingerprint density at radius 2 is 2.25 bits per heavy atom. The quantitative estimate of drug-likeness (QED) is 0.877. The van der Waals surface area contributed by atoms with Gasteiger partial charge in [-0.3, -0.25) is 4.79 Å². The number of anilines is 1. The highest BCUT2D eigenvalue weighted by Crippen LogP contribution is 2.23. The molecule has 1 atom stereocenters. The highest BCUT2D eigenvalue weighted by atomic mass is 79.9. The fraction of sp³-hybridized carbons (Fsp3) is 0.214. The summed E-state index contributed by atoms with van der Waals surface area (Å²) in [7, 11) is 0. The van der Waals surface area contributed by atoms with E-state index < -0.39 is 6.04 Å². The van der Waals surface area contributed by atoms with E-state index in [9.17, 15) is 9.18 Å². The van der Waals surface area contributed by atoms with Crippen molar-refractivity contribution in [3.63, 3.8) is 0 Å². The molecule has 0 spiro atoms. The van der Waals surface area contributed by atoms with Crippen LogP contribution < -0.4 is 10.6 Å². The highest BCUT2D eigenvalue weighted by Gasteiger charge is 2.14. The minimum Gasteiger partial charge on any atom is -0.467 e. The molecule has 1 unspecified atom stereocenters. The fourth-order valence-electron chi connectivity index (χ4n) is 1.65. The van der Waals surface area contributed by atoms with Crippen LogP contribution in [0.1, 0.15) is 12.7 Å². The number of halogens is 2. The number of nitrogens with one attached hydrogen (secondary N) is 2. The summed E-state index contributed by atoms with van der Waals surface area (Å²) in [6.45, 7) is 2.02. The molecule has 0 aliphatic heterocycles. The maximum atomic E-state index is 13.2. The Bertz CT molecular complexity index is 587. The molecular formula is C14H14BrFN2O2. The Balaban J connectivity index is 1.92. The van der Waals surface area contributed by atoms with E-state index in [1.165, 1.54) is 12.1 Å². The molecule has 4 nitrogen and oxygen atoms in total. The first-order valence-corrected chi connectivity index (χ1v) is 6.87. The van der Waals surface area contributed by atoms with E-state index >= 15 is 0 Å². The average molecular weight is 341 g/mol. The van der Waals surface area contributed by atoms with Crippen molar-refractivity contribution in [1.29, 1.82) is 0 Å². The zero-order valence-corrected chi connectivity index (χ0v) is 12.4. The Labute approximate surface area is 124 Å². The molecule has 0 aliphatic carbocycles. The Hall–Kier alpha value is -1.82. The van der Waals surface area contributed by atoms with Gasteiger partial charge in [-0.1, -0.05) is 0 Å². The lowest BCUT2D eigenvalue weighted by atomic mass is 10.2. The SMILES string of the molecule is CC(Nc1cc(F)ccc1Br)C(=O)NCc1ccco1. The van der Waals surface area contributed by atoms with Crippen LogP contribution in [0.15, 0.2) is 45.5 Å². The lowest BCUT2D eigenvalue weighted by Crippen LogP contribution is -2.37. The zero-order valence-electron chi connectivity index (χ0n) is 10.8. The van der Waals surface area contributed by atoms with Crippen molar-refractivity contribution in [1.82, 2.24) is 5.32 Å². The number of hydrogen-bond acceptors (Lipinski definition) is 3. The first-order valence-electron chi connectivity index (χ1n) is 6.08. The summed E-state index contributed by atoms with van der Waals surface area (Å²) in [5.74, 6) is 0.119. The van der Waals surface area contributed by atoms with Crippen LogP contribution in [0.2, 0.25) is 0 Å². The van der Waals surface area contributed by atoms with E-state index in [-0.39, 0.29) is 11.7 Å². The lowest BCUT2D eigenvalue weighted by molar-refractivity contribution is -0.121. The van der Waals surface area contributed by atoms with Gasteiger partial charge >= 0.3 is 0 Å². The van der Waals surface area contributed by atoms with Gasteiger partial charge in [0.15, 0.2) is 0 Å². The van der Waals surface area contributed by atoms with E-state index in [1.54, 1.807) is 31.4 Å². The van der Waals surface area contributed by atoms with Gasteiger partial charge in [-0.25, -0.2) is 4.39 Å². The maximum absolute atomic E-state index is 13.2. The van der Waals surface area contributed by atoms with E-state index in [2.05, 4.69) is 26.6 Å². The van der Waals surface area contributed by atoms with Crippen molar-refractivity contribution in [3.8, 4) is 0 Å². The van der Waals surface area contributed by atoms with Crippen molar-refractivity contribution >= 4 is 27.5 Å². The third kappa shape index (κ3) is 3.84. The minimum atomic E-state index is -0.497. The van der Waals surface area contributed by atoms with Crippen LogP contribution in [-0.2, 0) is 11.3 Å². The van der Waals surface area contributed by atoms with Crippen LogP contribution in [-0.4, -0.2) is 11.9 Å². The van der Waals surface area contributed by atoms with Gasteiger partial charge in [-0.05, 0) is 53.2 Å². The molecule has 2 aromatic rings. The van der Waals surface area contributed by atoms with Crippen LogP contribution in [0.5, 0.6) is 0 Å². The van der Waals surface area contributed by atoms with Crippen LogP contribution in [0.4, 0.5) is 10.1 Å². The van der Waals surface area contributed by atoms with Crippen molar-refractivity contribution in [3.05, 3.63) is 52.6 Å². The molecule has 0 saturated heterocycles. The van der Waals surface area contributed by atoms with Gasteiger partial charge < -0.3 is 15.1 Å². The molecule has 1 aromatic heterocycles. The first kappa shape index (κ1) is 14.6. The Morgan fingerprint density at radius 3 is 2.95 bits per heavy atom. The summed E-state index contributed by atoms with van der Waals surface area (Å²) in [5, 5.41) is 5.69. The molecule has 0 bridgehead atoms. The van der Waals surface area contributed by atoms with E-state index in [0.29, 0.717) is 22.5 Å². The number of carbonyl (C=O) groups is 1. The van der Waals surface area contributed by atoms with Gasteiger partial charge in [0.1, 0.15) is 17.6 Å². The van der Waals surface area contributed by atoms with Crippen molar-refractivity contribution < 1.29 is 13.6 Å². The van der Waals surface area contributed by atoms with Crippen molar-refractivity contribution in [2.24, 2.45) is 0 Å². The fourth-order valence-corrected chi connectivity index (χ4v) is 2.01. The Morgan fingerprint density at radius 1 is 1.45 bits per heavy atom. The molecule has 0 fully saturated rings. The molecule has 1 aromatic carbocycles. The first-order chi connectivity index (χ1) is 9.56. The summed E-state index contributed by atoms with van der Waals surface area (Å²) in [5.41, 5.74) is 0.533. The second-order valence-electron chi connectivity index (χ2n) is 4.29. The normalized spacial score (nSPS) is 11.9. The number of amides is 1. The van der Waals surface area contributed by atoms with Gasteiger partial charge in [-0.2, -0.15) is 0 Å². The summed E-state index contributed by atoms with van der Waals surface area (Å²) in [6, 6.07) is 7.31. The molecule has 1 heterocycles. The van der Waals surface area contributed by atoms with Crippen LogP contribution >= 0.6 is 15.9 Å². The van der Waals surface area contributed by atoms with E-state index in [1.807, 2.05) is 0 Å². The summed E-state index contributed by atoms with van der Waals surface area (Å²) >= 11 is 3.30. The third-order valence-electron chi connectivity index (χ3n) is 2.71. The lowest BCUT2D eigenvalue weighted by Gasteiger charge is -2.16. The number of hydrogen-bond donors (Lipinski definition) is 2. The van der Waals surface area contributed by atoms with Gasteiger partial charge in [0, 0.05) is 4.47 Å². The predicted octanol–water partition coefficient (Wildman–Crippen LogP) is 3.30. The van der Waals surface area contributed by atoms with Crippen LogP contribution in [0.25, 0.3) is 0 Å². The molecule has 6 heteroatoms. The molecule has 20 heavy (non-hydrogen) atoms. The van der Waals surface area contributed by atoms with E-state index in [0.717, 1.165) is 0 Å². The largest absolute Gasteiger partial charge is 0.467 e. The molecule has 106 valence electrons. The van der Waals surface area contributed by atoms with Gasteiger partial charge in [-0.15, -0.1) is 0 Å². The van der Waals surface area contributed by atoms with Gasteiger partial charge in [0.25, 0.3) is 0 Å². The van der Waals surface area contributed by atoms with Crippen molar-refractivity contribution in [2.45, 2.75) is 19.5 Å². The zero-order chi connectivity index (χ0) is 14.5. The van der Waals surface area contributed by atoms with Crippen molar-refractivity contribution in [2.75, 3.05) is 5.32 Å². The molecule has 2 rings (SSSR count). The smallest absolute Gasteiger partial charge is 0.242 e. The minimum absolute atomic E-state index is 0.197. The molecular weight excluding hydrogens is 327 g/mol. The highest BCUT2D eigenvalue weighted by molar-refractivity contribution is 9.10. The number of furan rings is 1. The second-order valence-corrected chi connectivity index (χ2v) is 5.14. The molecule has 0 saturated carbocycles.